The Labute approximate surface area is 130 Å². The van der Waals surface area contributed by atoms with Crippen molar-refractivity contribution in [1.82, 2.24) is 5.32 Å². The molecule has 0 saturated heterocycles. The van der Waals surface area contributed by atoms with Gasteiger partial charge in [0, 0.05) is 11.6 Å². The van der Waals surface area contributed by atoms with E-state index >= 15 is 0 Å². The van der Waals surface area contributed by atoms with Gasteiger partial charge in [-0.15, -0.1) is 0 Å². The zero-order valence-corrected chi connectivity index (χ0v) is 13.8. The largest absolute Gasteiger partial charge is 0.444 e. The molecule has 1 amide bonds. The number of alkyl carbamates (subject to hydrolysis) is 1. The molecule has 21 heavy (non-hydrogen) atoms. The minimum absolute atomic E-state index is 0.0300. The summed E-state index contributed by atoms with van der Waals surface area (Å²) >= 11 is 2.92. The molecule has 0 bridgehead atoms. The van der Waals surface area contributed by atoms with E-state index in [0.717, 1.165) is 6.07 Å². The second kappa shape index (κ2) is 6.70. The minimum Gasteiger partial charge on any atom is -0.444 e. The van der Waals surface area contributed by atoms with Crippen molar-refractivity contribution < 1.29 is 23.4 Å². The van der Waals surface area contributed by atoms with Gasteiger partial charge in [-0.3, -0.25) is 0 Å². The Morgan fingerprint density at radius 1 is 1.33 bits per heavy atom. The first kappa shape index (κ1) is 17.8. The quantitative estimate of drug-likeness (QED) is 0.803. The van der Waals surface area contributed by atoms with E-state index in [1.807, 2.05) is 0 Å². The fraction of sp³-hybridized carbons (Fsp3) is 0.500. The lowest BCUT2D eigenvalue weighted by Crippen LogP contribution is -2.40. The van der Waals surface area contributed by atoms with Crippen LogP contribution in [0.4, 0.5) is 13.6 Å². The van der Waals surface area contributed by atoms with E-state index in [2.05, 4.69) is 21.2 Å². The van der Waals surface area contributed by atoms with Gasteiger partial charge in [0.2, 0.25) is 0 Å². The second-order valence-electron chi connectivity index (χ2n) is 5.67. The molecule has 2 N–H and O–H groups in total. The molecule has 0 heterocycles. The van der Waals surface area contributed by atoms with Gasteiger partial charge in [-0.05, 0) is 49.7 Å². The average molecular weight is 366 g/mol. The van der Waals surface area contributed by atoms with Gasteiger partial charge in [-0.1, -0.05) is 0 Å². The lowest BCUT2D eigenvalue weighted by molar-refractivity contribution is 0.0432. The topological polar surface area (TPSA) is 58.6 Å². The fourth-order valence-electron chi connectivity index (χ4n) is 1.61. The summed E-state index contributed by atoms with van der Waals surface area (Å²) in [6.07, 6.45) is -2.06. The summed E-state index contributed by atoms with van der Waals surface area (Å²) in [6.45, 7) is 6.59. The molecule has 0 aromatic heterocycles. The van der Waals surface area contributed by atoms with E-state index in [9.17, 15) is 18.7 Å². The summed E-state index contributed by atoms with van der Waals surface area (Å²) in [6, 6.07) is 0.998. The molecule has 1 aromatic rings. The molecule has 1 aromatic carbocycles. The van der Waals surface area contributed by atoms with E-state index in [4.69, 9.17) is 4.74 Å². The highest BCUT2D eigenvalue weighted by molar-refractivity contribution is 9.10. The Morgan fingerprint density at radius 3 is 2.43 bits per heavy atom. The Hall–Kier alpha value is -1.21. The van der Waals surface area contributed by atoms with Crippen LogP contribution in [0, 0.1) is 11.6 Å². The van der Waals surface area contributed by atoms with Gasteiger partial charge in [0.15, 0.2) is 0 Å². The fourth-order valence-corrected chi connectivity index (χ4v) is 1.97. The van der Waals surface area contributed by atoms with E-state index in [1.54, 1.807) is 20.8 Å². The minimum atomic E-state index is -1.34. The van der Waals surface area contributed by atoms with Crippen molar-refractivity contribution in [2.45, 2.75) is 45.4 Å². The number of ether oxygens (including phenoxy) is 1. The molecule has 0 spiro atoms. The number of rotatable bonds is 3. The summed E-state index contributed by atoms with van der Waals surface area (Å²) < 4.78 is 31.9. The lowest BCUT2D eigenvalue weighted by Gasteiger charge is -2.24. The SMILES string of the molecule is CC(NC(=O)OC(C)(C)C)C(O)c1cc(Br)c(F)cc1F. The van der Waals surface area contributed by atoms with E-state index in [1.165, 1.54) is 6.92 Å². The molecule has 0 aliphatic carbocycles. The number of aliphatic hydroxyl groups is 1. The Bertz CT molecular complexity index is 532. The standard InChI is InChI=1S/C14H18BrF2NO3/c1-7(18-13(20)21-14(2,3)4)12(19)8-5-9(15)11(17)6-10(8)16/h5-7,12,19H,1-4H3,(H,18,20). The van der Waals surface area contributed by atoms with Crippen LogP contribution in [0.25, 0.3) is 0 Å². The number of aliphatic hydroxyl groups excluding tert-OH is 1. The number of hydrogen-bond acceptors (Lipinski definition) is 3. The monoisotopic (exact) mass is 365 g/mol. The first-order valence-corrected chi connectivity index (χ1v) is 7.12. The van der Waals surface area contributed by atoms with Gasteiger partial charge in [-0.2, -0.15) is 0 Å². The molecule has 2 atom stereocenters. The van der Waals surface area contributed by atoms with Crippen molar-refractivity contribution in [3.05, 3.63) is 33.8 Å². The predicted octanol–water partition coefficient (Wildman–Crippen LogP) is 3.67. The van der Waals surface area contributed by atoms with Gasteiger partial charge in [0.05, 0.1) is 10.5 Å². The number of halogens is 3. The smallest absolute Gasteiger partial charge is 0.407 e. The van der Waals surface area contributed by atoms with Crippen LogP contribution < -0.4 is 5.32 Å². The van der Waals surface area contributed by atoms with E-state index in [-0.39, 0.29) is 10.0 Å². The van der Waals surface area contributed by atoms with Gasteiger partial charge in [0.25, 0.3) is 0 Å². The molecular formula is C14H18BrF2NO3. The summed E-state index contributed by atoms with van der Waals surface area (Å²) in [4.78, 5) is 11.6. The van der Waals surface area contributed by atoms with Crippen molar-refractivity contribution in [2.24, 2.45) is 0 Å². The zero-order chi connectivity index (χ0) is 16.4. The van der Waals surface area contributed by atoms with Gasteiger partial charge < -0.3 is 15.2 Å². The van der Waals surface area contributed by atoms with Gasteiger partial charge >= 0.3 is 6.09 Å². The van der Waals surface area contributed by atoms with Gasteiger partial charge in [-0.25, -0.2) is 13.6 Å². The highest BCUT2D eigenvalue weighted by atomic mass is 79.9. The third-order valence-corrected chi connectivity index (χ3v) is 3.18. The van der Waals surface area contributed by atoms with Crippen LogP contribution in [0.2, 0.25) is 0 Å². The Kier molecular flexibility index (Phi) is 5.69. The molecule has 2 unspecified atom stereocenters. The van der Waals surface area contributed by atoms with Crippen LogP contribution in [0.1, 0.15) is 39.4 Å². The first-order valence-electron chi connectivity index (χ1n) is 6.33. The van der Waals surface area contributed by atoms with Crippen molar-refractivity contribution >= 4 is 22.0 Å². The molecule has 1 rings (SSSR count). The van der Waals surface area contributed by atoms with Crippen molar-refractivity contribution in [2.75, 3.05) is 0 Å². The van der Waals surface area contributed by atoms with Crippen molar-refractivity contribution in [3.8, 4) is 0 Å². The van der Waals surface area contributed by atoms with Crippen LogP contribution in [0.15, 0.2) is 16.6 Å². The number of nitrogens with one attached hydrogen (secondary N) is 1. The molecule has 0 aliphatic heterocycles. The molecule has 0 radical (unpaired) electrons. The predicted molar refractivity (Wildman–Crippen MR) is 77.8 cm³/mol. The molecular weight excluding hydrogens is 348 g/mol. The third kappa shape index (κ3) is 5.24. The van der Waals surface area contributed by atoms with Gasteiger partial charge in [0.1, 0.15) is 23.3 Å². The van der Waals surface area contributed by atoms with E-state index in [0.29, 0.717) is 6.07 Å². The summed E-state index contributed by atoms with van der Waals surface area (Å²) in [5.74, 6) is -1.66. The van der Waals surface area contributed by atoms with Crippen molar-refractivity contribution in [3.63, 3.8) is 0 Å². The number of benzene rings is 1. The normalized spacial score (nSPS) is 14.5. The second-order valence-corrected chi connectivity index (χ2v) is 6.52. The number of carbonyl (C=O) groups is 1. The van der Waals surface area contributed by atoms with Crippen molar-refractivity contribution in [1.29, 1.82) is 0 Å². The maximum atomic E-state index is 13.7. The zero-order valence-electron chi connectivity index (χ0n) is 12.2. The molecule has 0 saturated carbocycles. The number of hydrogen-bond donors (Lipinski definition) is 2. The van der Waals surface area contributed by atoms with Crippen LogP contribution >= 0.6 is 15.9 Å². The maximum Gasteiger partial charge on any atom is 0.407 e. The number of amides is 1. The average Bonchev–Trinajstić information content (AvgIpc) is 2.30. The number of carbonyl (C=O) groups excluding carboxylic acids is 1. The summed E-state index contributed by atoms with van der Waals surface area (Å²) in [5.41, 5.74) is -0.800. The van der Waals surface area contributed by atoms with Crippen LogP contribution in [-0.2, 0) is 4.74 Å². The lowest BCUT2D eigenvalue weighted by atomic mass is 10.0. The van der Waals surface area contributed by atoms with E-state index < -0.39 is 35.5 Å². The Balaban J connectivity index is 2.81. The molecule has 7 heteroatoms. The molecule has 4 nitrogen and oxygen atoms in total. The third-order valence-electron chi connectivity index (χ3n) is 2.58. The molecule has 0 fully saturated rings. The van der Waals surface area contributed by atoms with Crippen LogP contribution in [0.5, 0.6) is 0 Å². The first-order chi connectivity index (χ1) is 9.51. The summed E-state index contributed by atoms with van der Waals surface area (Å²) in [7, 11) is 0. The highest BCUT2D eigenvalue weighted by Gasteiger charge is 2.25. The van der Waals surface area contributed by atoms with Crippen LogP contribution in [0.3, 0.4) is 0 Å². The highest BCUT2D eigenvalue weighted by Crippen LogP contribution is 2.26. The maximum absolute atomic E-state index is 13.7. The molecule has 0 aliphatic rings. The Morgan fingerprint density at radius 2 is 1.90 bits per heavy atom. The summed E-state index contributed by atoms with van der Waals surface area (Å²) in [5, 5.41) is 12.5. The molecule has 118 valence electrons. The van der Waals surface area contributed by atoms with Crippen LogP contribution in [-0.4, -0.2) is 22.8 Å².